The lowest BCUT2D eigenvalue weighted by Crippen LogP contribution is -2.14. The SMILES string of the molecule is Cc1cc(C(C#N)c2ccc(Cl)cc2)c(Cl)cc1NC(=O)c1cc(I)cc(I)c1O.O=C(Nc1cc(Cl)cc(Cl)c1O)c1c(O)c(Cl)cc(Cl)c1Cl. The van der Waals surface area contributed by atoms with Gasteiger partial charge >= 0.3 is 0 Å². The first-order valence-corrected chi connectivity index (χ1v) is 19.0. The third-order valence-corrected chi connectivity index (χ3v) is 10.8. The molecule has 0 saturated carbocycles. The summed E-state index contributed by atoms with van der Waals surface area (Å²) in [4.78, 5) is 25.0. The Hall–Kier alpha value is -2.58. The van der Waals surface area contributed by atoms with Crippen molar-refractivity contribution in [1.82, 2.24) is 0 Å². The lowest BCUT2D eigenvalue weighted by Gasteiger charge is -2.16. The van der Waals surface area contributed by atoms with E-state index in [4.69, 9.17) is 81.2 Å². The highest BCUT2D eigenvalue weighted by Gasteiger charge is 2.23. The number of hydrogen-bond acceptors (Lipinski definition) is 6. The molecule has 1 atom stereocenters. The molecule has 0 bridgehead atoms. The standard InChI is InChI=1S/C22H14Cl2I2N2O2.C13H6Cl5NO3/c1-11-6-15(17(10-27)12-2-4-13(23)5-3-12)18(24)9-20(11)28-22(30)16-7-14(25)8-19(26)21(16)29;14-4-1-6(16)11(20)8(2-4)19-13(22)9-10(18)5(15)3-7(17)12(9)21/h2-9,17,29H,1H3,(H,28,30);1-3,20-21H,(H,19,22). The van der Waals surface area contributed by atoms with Gasteiger partial charge < -0.3 is 26.0 Å². The second kappa shape index (κ2) is 18.2. The van der Waals surface area contributed by atoms with E-state index >= 15 is 0 Å². The van der Waals surface area contributed by atoms with Crippen molar-refractivity contribution in [2.24, 2.45) is 0 Å². The number of amides is 2. The Morgan fingerprint density at radius 2 is 1.31 bits per heavy atom. The number of rotatable bonds is 6. The van der Waals surface area contributed by atoms with E-state index in [-0.39, 0.29) is 53.4 Å². The first-order valence-electron chi connectivity index (χ1n) is 14.2. The van der Waals surface area contributed by atoms with Crippen LogP contribution in [0.2, 0.25) is 35.2 Å². The summed E-state index contributed by atoms with van der Waals surface area (Å²) >= 11 is 45.5. The van der Waals surface area contributed by atoms with Crippen molar-refractivity contribution in [3.63, 3.8) is 0 Å². The molecule has 52 heavy (non-hydrogen) atoms. The molecule has 0 aliphatic carbocycles. The number of aromatic hydroxyl groups is 3. The number of hydrogen-bond donors (Lipinski definition) is 5. The van der Waals surface area contributed by atoms with Crippen molar-refractivity contribution >= 4 is 150 Å². The number of nitrogens with one attached hydrogen (secondary N) is 2. The quantitative estimate of drug-likeness (QED) is 0.0651. The molecule has 0 aliphatic heterocycles. The van der Waals surface area contributed by atoms with Gasteiger partial charge in [-0.25, -0.2) is 0 Å². The Kier molecular flexibility index (Phi) is 14.7. The summed E-state index contributed by atoms with van der Waals surface area (Å²) < 4.78 is 1.43. The second-order valence-corrected chi connectivity index (χ2v) is 15.9. The number of nitrogens with zero attached hydrogens (tertiary/aromatic N) is 1. The number of benzene rings is 5. The molecule has 2 amide bonds. The number of nitriles is 1. The van der Waals surface area contributed by atoms with Gasteiger partial charge in [-0.15, -0.1) is 0 Å². The summed E-state index contributed by atoms with van der Waals surface area (Å²) in [5, 5.41) is 45.5. The van der Waals surface area contributed by atoms with E-state index in [2.05, 4.69) is 39.3 Å². The predicted molar refractivity (Wildman–Crippen MR) is 226 cm³/mol. The van der Waals surface area contributed by atoms with E-state index < -0.39 is 23.5 Å². The van der Waals surface area contributed by atoms with Crippen LogP contribution in [0.1, 0.15) is 43.3 Å². The maximum Gasteiger partial charge on any atom is 0.261 e. The molecular weight excluding hydrogens is 1040 g/mol. The van der Waals surface area contributed by atoms with Gasteiger partial charge in [-0.1, -0.05) is 99.4 Å². The molecule has 5 rings (SSSR count). The predicted octanol–water partition coefficient (Wildman–Crippen LogP) is 12.7. The zero-order valence-corrected chi connectivity index (χ0v) is 35.5. The van der Waals surface area contributed by atoms with Crippen LogP contribution in [0, 0.1) is 25.4 Å². The summed E-state index contributed by atoms with van der Waals surface area (Å²) in [5.41, 5.74) is 2.46. The van der Waals surface area contributed by atoms with Crippen LogP contribution in [-0.4, -0.2) is 27.1 Å². The highest BCUT2D eigenvalue weighted by Crippen LogP contribution is 2.41. The lowest BCUT2D eigenvalue weighted by atomic mass is 9.91. The highest BCUT2D eigenvalue weighted by molar-refractivity contribution is 14.1. The second-order valence-electron chi connectivity index (χ2n) is 10.7. The summed E-state index contributed by atoms with van der Waals surface area (Å²) in [5.74, 6) is -2.85. The third kappa shape index (κ3) is 9.93. The molecule has 0 aliphatic rings. The summed E-state index contributed by atoms with van der Waals surface area (Å²) in [6.45, 7) is 1.82. The first kappa shape index (κ1) is 42.2. The zero-order valence-electron chi connectivity index (χ0n) is 25.9. The number of carbonyl (C=O) groups excluding carboxylic acids is 2. The Morgan fingerprint density at radius 1 is 0.692 bits per heavy atom. The smallest absolute Gasteiger partial charge is 0.261 e. The van der Waals surface area contributed by atoms with E-state index in [1.54, 1.807) is 48.5 Å². The van der Waals surface area contributed by atoms with Gasteiger partial charge in [-0.2, -0.15) is 5.26 Å². The van der Waals surface area contributed by atoms with Crippen molar-refractivity contribution in [2.75, 3.05) is 10.6 Å². The molecule has 0 aromatic heterocycles. The van der Waals surface area contributed by atoms with Gasteiger partial charge in [0.25, 0.3) is 11.8 Å². The summed E-state index contributed by atoms with van der Waals surface area (Å²) in [6.07, 6.45) is 0. The molecule has 5 aromatic rings. The van der Waals surface area contributed by atoms with Crippen LogP contribution in [0.15, 0.2) is 66.7 Å². The minimum absolute atomic E-state index is 0.0111. The van der Waals surface area contributed by atoms with Crippen LogP contribution in [0.4, 0.5) is 11.4 Å². The Morgan fingerprint density at radius 3 is 1.94 bits per heavy atom. The molecule has 5 aromatic carbocycles. The van der Waals surface area contributed by atoms with E-state index in [0.717, 1.165) is 14.7 Å². The largest absolute Gasteiger partial charge is 0.506 e. The van der Waals surface area contributed by atoms with Crippen LogP contribution in [0.25, 0.3) is 0 Å². The van der Waals surface area contributed by atoms with Gasteiger partial charge in [0.1, 0.15) is 17.1 Å². The van der Waals surface area contributed by atoms with E-state index in [9.17, 15) is 30.2 Å². The minimum atomic E-state index is -0.847. The van der Waals surface area contributed by atoms with E-state index in [1.165, 1.54) is 18.2 Å². The maximum absolute atomic E-state index is 12.7. The van der Waals surface area contributed by atoms with Gasteiger partial charge in [-0.3, -0.25) is 9.59 Å². The molecule has 17 heteroatoms. The zero-order chi connectivity index (χ0) is 38.6. The summed E-state index contributed by atoms with van der Waals surface area (Å²) in [6, 6.07) is 19.9. The fraction of sp³-hybridized carbons (Fsp3) is 0.0571. The number of carbonyl (C=O) groups is 2. The fourth-order valence-corrected chi connectivity index (χ4v) is 8.04. The van der Waals surface area contributed by atoms with Crippen molar-refractivity contribution in [2.45, 2.75) is 12.8 Å². The molecule has 0 fully saturated rings. The van der Waals surface area contributed by atoms with Crippen molar-refractivity contribution in [3.8, 4) is 23.3 Å². The first-order chi connectivity index (χ1) is 24.4. The van der Waals surface area contributed by atoms with Gasteiger partial charge in [0.15, 0.2) is 5.75 Å². The van der Waals surface area contributed by atoms with Crippen molar-refractivity contribution in [1.29, 1.82) is 5.26 Å². The number of aryl methyl sites for hydroxylation is 1. The fourth-order valence-electron chi connectivity index (χ4n) is 4.61. The Balaban J connectivity index is 0.000000244. The molecule has 8 nitrogen and oxygen atoms in total. The van der Waals surface area contributed by atoms with Crippen LogP contribution in [-0.2, 0) is 0 Å². The molecule has 1 unspecified atom stereocenters. The monoisotopic (exact) mass is 1060 g/mol. The van der Waals surface area contributed by atoms with Gasteiger partial charge in [-0.05, 0) is 117 Å². The Labute approximate surface area is 359 Å². The van der Waals surface area contributed by atoms with Crippen molar-refractivity contribution in [3.05, 3.63) is 137 Å². The number of phenolic OH excluding ortho intramolecular Hbond substituents is 3. The van der Waals surface area contributed by atoms with Gasteiger partial charge in [0, 0.05) is 24.3 Å². The number of anilines is 2. The topological polar surface area (TPSA) is 143 Å². The molecule has 0 spiro atoms. The molecule has 268 valence electrons. The maximum atomic E-state index is 12.7. The molecule has 5 N–H and O–H groups in total. The average Bonchev–Trinajstić information content (AvgIpc) is 3.07. The van der Waals surface area contributed by atoms with Crippen LogP contribution in [0.5, 0.6) is 17.2 Å². The van der Waals surface area contributed by atoms with Crippen LogP contribution in [0.3, 0.4) is 0 Å². The van der Waals surface area contributed by atoms with Gasteiger partial charge in [0.05, 0.1) is 46.9 Å². The minimum Gasteiger partial charge on any atom is -0.506 e. The number of phenols is 3. The molecule has 0 radical (unpaired) electrons. The normalized spacial score (nSPS) is 11.2. The average molecular weight is 1060 g/mol. The highest BCUT2D eigenvalue weighted by atomic mass is 127. The Bertz CT molecular complexity index is 2240. The third-order valence-electron chi connectivity index (χ3n) is 7.16. The summed E-state index contributed by atoms with van der Waals surface area (Å²) in [7, 11) is 0. The lowest BCUT2D eigenvalue weighted by molar-refractivity contribution is 0.101. The van der Waals surface area contributed by atoms with Crippen LogP contribution < -0.4 is 10.6 Å². The van der Waals surface area contributed by atoms with Crippen LogP contribution >= 0.6 is 126 Å². The molecule has 0 heterocycles. The van der Waals surface area contributed by atoms with E-state index in [1.807, 2.05) is 29.5 Å². The molecular formula is C35H20Cl7I2N3O5. The molecule has 0 saturated heterocycles. The number of halogens is 9. The van der Waals surface area contributed by atoms with E-state index in [0.29, 0.717) is 24.9 Å². The van der Waals surface area contributed by atoms with Crippen molar-refractivity contribution < 1.29 is 24.9 Å². The van der Waals surface area contributed by atoms with Gasteiger partial charge in [0.2, 0.25) is 0 Å².